The number of carbonyl (C=O) groups is 1. The number of nitro benzene ring substituents is 1. The Balaban J connectivity index is 2.18. The maximum Gasteiger partial charge on any atom is 0.366 e. The van der Waals surface area contributed by atoms with Gasteiger partial charge in [0, 0.05) is 16.1 Å². The third kappa shape index (κ3) is 4.27. The highest BCUT2D eigenvalue weighted by atomic mass is 79.9. The second-order valence-electron chi connectivity index (χ2n) is 4.29. The van der Waals surface area contributed by atoms with Crippen LogP contribution in [0.4, 0.5) is 5.69 Å². The number of benzene rings is 2. The van der Waals surface area contributed by atoms with Gasteiger partial charge in [0.25, 0.3) is 5.69 Å². The lowest BCUT2D eigenvalue weighted by molar-refractivity contribution is -0.384. The molecule has 0 unspecified atom stereocenters. The van der Waals surface area contributed by atoms with Gasteiger partial charge in [-0.2, -0.15) is 0 Å². The molecule has 23 heavy (non-hydrogen) atoms. The molecule has 7 nitrogen and oxygen atoms in total. The molecule has 0 fully saturated rings. The number of nitrogens with zero attached hydrogens (tertiary/aromatic N) is 2. The molecule has 2 rings (SSSR count). The topological polar surface area (TPSA) is 108 Å². The van der Waals surface area contributed by atoms with Crippen molar-refractivity contribution < 1.29 is 14.6 Å². The molecule has 0 saturated heterocycles. The smallest absolute Gasteiger partial charge is 0.366 e. The lowest BCUT2D eigenvalue weighted by Gasteiger charge is -2.02. The Bertz CT molecular complexity index is 810. The number of hydrogen-bond donors (Lipinski definition) is 1. The number of oxime groups is 1. The van der Waals surface area contributed by atoms with E-state index in [-0.39, 0.29) is 16.4 Å². The van der Waals surface area contributed by atoms with Crippen LogP contribution in [-0.4, -0.2) is 16.7 Å². The van der Waals surface area contributed by atoms with Gasteiger partial charge in [-0.25, -0.2) is 4.79 Å². The summed E-state index contributed by atoms with van der Waals surface area (Å²) in [4.78, 5) is 26.7. The first-order valence-electron chi connectivity index (χ1n) is 6.13. The van der Waals surface area contributed by atoms with Crippen LogP contribution in [0.1, 0.15) is 15.9 Å². The van der Waals surface area contributed by atoms with Crippen LogP contribution in [0.2, 0.25) is 5.02 Å². The van der Waals surface area contributed by atoms with Crippen molar-refractivity contribution in [2.24, 2.45) is 10.9 Å². The van der Waals surface area contributed by atoms with E-state index in [2.05, 4.69) is 21.1 Å². The van der Waals surface area contributed by atoms with E-state index in [1.165, 1.54) is 12.1 Å². The van der Waals surface area contributed by atoms with E-state index in [1.807, 2.05) is 0 Å². The quantitative estimate of drug-likeness (QED) is 0.279. The molecule has 0 amide bonds. The standard InChI is InChI=1S/C14H9BrClN3O4/c15-10-3-1-2-8(6-10)13(17)18-23-14(20)9-4-5-11(16)12(7-9)19(21)22/h1-7H,(H2,17,18). The number of nitrogens with two attached hydrogens (primary N) is 1. The van der Waals surface area contributed by atoms with Crippen molar-refractivity contribution in [3.8, 4) is 0 Å². The summed E-state index contributed by atoms with van der Waals surface area (Å²) in [6.07, 6.45) is 0. The highest BCUT2D eigenvalue weighted by Gasteiger charge is 2.17. The van der Waals surface area contributed by atoms with Gasteiger partial charge in [-0.3, -0.25) is 10.1 Å². The Morgan fingerprint density at radius 3 is 2.65 bits per heavy atom. The van der Waals surface area contributed by atoms with Crippen molar-refractivity contribution in [1.82, 2.24) is 0 Å². The van der Waals surface area contributed by atoms with Crippen LogP contribution in [0.25, 0.3) is 0 Å². The average molecular weight is 399 g/mol. The first-order chi connectivity index (χ1) is 10.9. The molecule has 0 aliphatic carbocycles. The number of amidine groups is 1. The summed E-state index contributed by atoms with van der Waals surface area (Å²) < 4.78 is 0.785. The van der Waals surface area contributed by atoms with Gasteiger partial charge in [-0.1, -0.05) is 44.8 Å². The fourth-order valence-electron chi connectivity index (χ4n) is 1.62. The minimum Gasteiger partial charge on any atom is -0.380 e. The molecule has 2 N–H and O–H groups in total. The minimum atomic E-state index is -0.886. The largest absolute Gasteiger partial charge is 0.380 e. The second kappa shape index (κ2) is 7.21. The van der Waals surface area contributed by atoms with Crippen LogP contribution >= 0.6 is 27.5 Å². The van der Waals surface area contributed by atoms with Gasteiger partial charge in [-0.15, -0.1) is 0 Å². The van der Waals surface area contributed by atoms with Crippen molar-refractivity contribution in [2.75, 3.05) is 0 Å². The van der Waals surface area contributed by atoms with Gasteiger partial charge in [0.05, 0.1) is 10.5 Å². The van der Waals surface area contributed by atoms with Crippen molar-refractivity contribution in [2.45, 2.75) is 0 Å². The third-order valence-corrected chi connectivity index (χ3v) is 3.54. The average Bonchev–Trinajstić information content (AvgIpc) is 2.52. The Hall–Kier alpha value is -2.45. The number of carbonyl (C=O) groups excluding carboxylic acids is 1. The molecule has 118 valence electrons. The molecule has 9 heteroatoms. The molecule has 0 radical (unpaired) electrons. The fourth-order valence-corrected chi connectivity index (χ4v) is 2.21. The summed E-state index contributed by atoms with van der Waals surface area (Å²) in [6, 6.07) is 10.5. The van der Waals surface area contributed by atoms with Gasteiger partial charge < -0.3 is 10.6 Å². The Morgan fingerprint density at radius 1 is 1.26 bits per heavy atom. The molecule has 0 aromatic heterocycles. The predicted molar refractivity (Wildman–Crippen MR) is 88.4 cm³/mol. The van der Waals surface area contributed by atoms with Crippen LogP contribution < -0.4 is 5.73 Å². The van der Waals surface area contributed by atoms with Gasteiger partial charge in [-0.05, 0) is 24.3 Å². The minimum absolute atomic E-state index is 0.0110. The lowest BCUT2D eigenvalue weighted by Crippen LogP contribution is -2.15. The molecule has 0 atom stereocenters. The molecule has 0 aliphatic heterocycles. The van der Waals surface area contributed by atoms with Gasteiger partial charge >= 0.3 is 5.97 Å². The number of rotatable bonds is 4. The SMILES string of the molecule is NC(=NOC(=O)c1ccc(Cl)c([N+](=O)[O-])c1)c1cccc(Br)c1. The molecule has 0 spiro atoms. The predicted octanol–water partition coefficient (Wildman–Crippen LogP) is 3.49. The molecular formula is C14H9BrClN3O4. The molecule has 0 heterocycles. The lowest BCUT2D eigenvalue weighted by atomic mass is 10.2. The Labute approximate surface area is 144 Å². The highest BCUT2D eigenvalue weighted by Crippen LogP contribution is 2.25. The number of nitro groups is 1. The van der Waals surface area contributed by atoms with Crippen molar-refractivity contribution in [3.63, 3.8) is 0 Å². The maximum atomic E-state index is 11.9. The van der Waals surface area contributed by atoms with Crippen molar-refractivity contribution >= 4 is 45.0 Å². The number of halogens is 2. The van der Waals surface area contributed by atoms with E-state index < -0.39 is 16.6 Å². The maximum absolute atomic E-state index is 11.9. The Kier molecular flexibility index (Phi) is 5.30. The molecule has 0 aliphatic rings. The van der Waals surface area contributed by atoms with Crippen LogP contribution in [0.15, 0.2) is 52.1 Å². The second-order valence-corrected chi connectivity index (χ2v) is 5.61. The summed E-state index contributed by atoms with van der Waals surface area (Å²) in [5.41, 5.74) is 5.80. The summed E-state index contributed by atoms with van der Waals surface area (Å²) >= 11 is 8.95. The summed E-state index contributed by atoms with van der Waals surface area (Å²) in [7, 11) is 0. The normalized spacial score (nSPS) is 11.1. The monoisotopic (exact) mass is 397 g/mol. The number of hydrogen-bond acceptors (Lipinski definition) is 5. The summed E-state index contributed by atoms with van der Waals surface area (Å²) in [5.74, 6) is -0.897. The zero-order valence-electron chi connectivity index (χ0n) is 11.4. The van der Waals surface area contributed by atoms with Crippen molar-refractivity contribution in [3.05, 3.63) is 73.2 Å². The molecule has 0 saturated carbocycles. The zero-order chi connectivity index (χ0) is 17.0. The molecule has 0 bridgehead atoms. The molecular weight excluding hydrogens is 390 g/mol. The molecule has 2 aromatic carbocycles. The van der Waals surface area contributed by atoms with Gasteiger partial charge in [0.1, 0.15) is 5.02 Å². The van der Waals surface area contributed by atoms with E-state index in [4.69, 9.17) is 22.2 Å². The summed E-state index contributed by atoms with van der Waals surface area (Å²) in [5, 5.41) is 14.2. The van der Waals surface area contributed by atoms with E-state index >= 15 is 0 Å². The first-order valence-corrected chi connectivity index (χ1v) is 7.30. The zero-order valence-corrected chi connectivity index (χ0v) is 13.7. The fraction of sp³-hybridized carbons (Fsp3) is 0. The van der Waals surface area contributed by atoms with Crippen LogP contribution in [0, 0.1) is 10.1 Å². The first kappa shape index (κ1) is 16.9. The van der Waals surface area contributed by atoms with Gasteiger partial charge in [0.2, 0.25) is 0 Å². The van der Waals surface area contributed by atoms with Crippen LogP contribution in [0.5, 0.6) is 0 Å². The van der Waals surface area contributed by atoms with Crippen LogP contribution in [-0.2, 0) is 4.84 Å². The van der Waals surface area contributed by atoms with E-state index in [0.29, 0.717) is 5.56 Å². The van der Waals surface area contributed by atoms with E-state index in [9.17, 15) is 14.9 Å². The summed E-state index contributed by atoms with van der Waals surface area (Å²) in [6.45, 7) is 0. The van der Waals surface area contributed by atoms with Gasteiger partial charge in [0.15, 0.2) is 5.84 Å². The third-order valence-electron chi connectivity index (χ3n) is 2.73. The van der Waals surface area contributed by atoms with Crippen LogP contribution in [0.3, 0.4) is 0 Å². The van der Waals surface area contributed by atoms with E-state index in [0.717, 1.165) is 10.5 Å². The van der Waals surface area contributed by atoms with Crippen molar-refractivity contribution in [1.29, 1.82) is 0 Å². The Morgan fingerprint density at radius 2 is 2.00 bits per heavy atom. The highest BCUT2D eigenvalue weighted by molar-refractivity contribution is 9.10. The van der Waals surface area contributed by atoms with E-state index in [1.54, 1.807) is 24.3 Å². The molecule has 2 aromatic rings.